The van der Waals surface area contributed by atoms with E-state index >= 15 is 0 Å². The molecule has 0 bridgehead atoms. The predicted octanol–water partition coefficient (Wildman–Crippen LogP) is 4.88. The van der Waals surface area contributed by atoms with Crippen LogP contribution in [0.2, 0.25) is 0 Å². The highest BCUT2D eigenvalue weighted by molar-refractivity contribution is 6.27. The van der Waals surface area contributed by atoms with Gasteiger partial charge in [-0.25, -0.2) is 4.39 Å². The second-order valence-corrected chi connectivity index (χ2v) is 8.29. The van der Waals surface area contributed by atoms with E-state index in [9.17, 15) is 14.0 Å². The molecule has 1 fully saturated rings. The SMILES string of the molecule is O=C(NC1CCCC1)C(c1ccc(F)cc1)N(CCC1=CCCCC1)C(=O)CCl. The monoisotopic (exact) mass is 420 g/mol. The Bertz CT molecular complexity index is 729. The molecule has 3 rings (SSSR count). The number of amides is 2. The number of nitrogens with zero attached hydrogens (tertiary/aromatic N) is 1. The molecule has 0 spiro atoms. The fraction of sp³-hybridized carbons (Fsp3) is 0.565. The average molecular weight is 421 g/mol. The van der Waals surface area contributed by atoms with E-state index in [2.05, 4.69) is 11.4 Å². The first-order valence-corrected chi connectivity index (χ1v) is 11.2. The van der Waals surface area contributed by atoms with Crippen molar-refractivity contribution in [1.82, 2.24) is 10.2 Å². The molecule has 158 valence electrons. The van der Waals surface area contributed by atoms with Crippen LogP contribution in [0, 0.1) is 5.82 Å². The van der Waals surface area contributed by atoms with Crippen molar-refractivity contribution in [2.45, 2.75) is 69.9 Å². The molecule has 4 nitrogen and oxygen atoms in total. The molecule has 0 aliphatic heterocycles. The molecule has 1 aromatic carbocycles. The van der Waals surface area contributed by atoms with Crippen LogP contribution in [-0.2, 0) is 9.59 Å². The van der Waals surface area contributed by atoms with Crippen molar-refractivity contribution >= 4 is 23.4 Å². The molecule has 2 aliphatic carbocycles. The summed E-state index contributed by atoms with van der Waals surface area (Å²) in [5.74, 6) is -1.04. The zero-order valence-electron chi connectivity index (χ0n) is 16.8. The highest BCUT2D eigenvalue weighted by Crippen LogP contribution is 2.27. The van der Waals surface area contributed by atoms with Gasteiger partial charge >= 0.3 is 0 Å². The third-order valence-corrected chi connectivity index (χ3v) is 6.17. The minimum atomic E-state index is -0.799. The van der Waals surface area contributed by atoms with Crippen molar-refractivity contribution < 1.29 is 14.0 Å². The van der Waals surface area contributed by atoms with Gasteiger partial charge in [0.2, 0.25) is 11.8 Å². The molecule has 29 heavy (non-hydrogen) atoms. The Balaban J connectivity index is 1.83. The minimum absolute atomic E-state index is 0.138. The van der Waals surface area contributed by atoms with E-state index in [1.165, 1.54) is 30.5 Å². The minimum Gasteiger partial charge on any atom is -0.351 e. The lowest BCUT2D eigenvalue weighted by Gasteiger charge is -2.32. The van der Waals surface area contributed by atoms with Crippen LogP contribution in [-0.4, -0.2) is 35.2 Å². The Kier molecular flexibility index (Phi) is 8.10. The van der Waals surface area contributed by atoms with Crippen LogP contribution in [0.25, 0.3) is 0 Å². The van der Waals surface area contributed by atoms with Crippen molar-refractivity contribution in [3.05, 3.63) is 47.3 Å². The van der Waals surface area contributed by atoms with Gasteiger partial charge in [-0.1, -0.05) is 36.6 Å². The quantitative estimate of drug-likeness (QED) is 0.481. The molecule has 0 heterocycles. The van der Waals surface area contributed by atoms with Gasteiger partial charge in [0.25, 0.3) is 0 Å². The van der Waals surface area contributed by atoms with E-state index in [1.54, 1.807) is 17.0 Å². The summed E-state index contributed by atoms with van der Waals surface area (Å²) < 4.78 is 13.5. The van der Waals surface area contributed by atoms with E-state index in [-0.39, 0.29) is 29.6 Å². The Labute approximate surface area is 177 Å². The molecular formula is C23H30ClFN2O2. The highest BCUT2D eigenvalue weighted by atomic mass is 35.5. The molecule has 6 heteroatoms. The number of halogens is 2. The Morgan fingerprint density at radius 2 is 1.86 bits per heavy atom. The van der Waals surface area contributed by atoms with Gasteiger partial charge in [-0.2, -0.15) is 0 Å². The van der Waals surface area contributed by atoms with Crippen molar-refractivity contribution in [3.8, 4) is 0 Å². The van der Waals surface area contributed by atoms with Gasteiger partial charge in [0, 0.05) is 12.6 Å². The summed E-state index contributed by atoms with van der Waals surface area (Å²) in [6.07, 6.45) is 11.6. The molecule has 0 aromatic heterocycles. The topological polar surface area (TPSA) is 49.4 Å². The molecule has 1 aromatic rings. The van der Waals surface area contributed by atoms with Gasteiger partial charge in [0.15, 0.2) is 0 Å². The second-order valence-electron chi connectivity index (χ2n) is 8.02. The number of nitrogens with one attached hydrogen (secondary N) is 1. The first-order chi connectivity index (χ1) is 14.1. The maximum atomic E-state index is 13.5. The van der Waals surface area contributed by atoms with Crippen molar-refractivity contribution in [2.24, 2.45) is 0 Å². The molecule has 1 atom stereocenters. The molecule has 2 aliphatic rings. The zero-order valence-corrected chi connectivity index (χ0v) is 17.6. The summed E-state index contributed by atoms with van der Waals surface area (Å²) in [6, 6.07) is 5.17. The molecule has 1 N–H and O–H groups in total. The summed E-state index contributed by atoms with van der Waals surface area (Å²) in [7, 11) is 0. The van der Waals surface area contributed by atoms with E-state index < -0.39 is 6.04 Å². The molecule has 2 amide bonds. The number of carbonyl (C=O) groups excluding carboxylic acids is 2. The van der Waals surface area contributed by atoms with Crippen molar-refractivity contribution in [2.75, 3.05) is 12.4 Å². The van der Waals surface area contributed by atoms with Gasteiger partial charge < -0.3 is 10.2 Å². The Hall–Kier alpha value is -1.88. The largest absolute Gasteiger partial charge is 0.351 e. The van der Waals surface area contributed by atoms with Gasteiger partial charge in [-0.05, 0) is 62.6 Å². The van der Waals surface area contributed by atoms with Gasteiger partial charge in [0.05, 0.1) is 0 Å². The molecular weight excluding hydrogens is 391 g/mol. The van der Waals surface area contributed by atoms with Crippen LogP contribution in [0.5, 0.6) is 0 Å². The highest BCUT2D eigenvalue weighted by Gasteiger charge is 2.32. The van der Waals surface area contributed by atoms with Crippen LogP contribution >= 0.6 is 11.6 Å². The first-order valence-electron chi connectivity index (χ1n) is 10.7. The van der Waals surface area contributed by atoms with Crippen LogP contribution in [0.15, 0.2) is 35.9 Å². The summed E-state index contributed by atoms with van der Waals surface area (Å²) in [5.41, 5.74) is 1.94. The Morgan fingerprint density at radius 3 is 2.48 bits per heavy atom. The fourth-order valence-electron chi connectivity index (χ4n) is 4.34. The molecule has 0 saturated heterocycles. The van der Waals surface area contributed by atoms with Crippen molar-refractivity contribution in [1.29, 1.82) is 0 Å². The van der Waals surface area contributed by atoms with E-state index in [0.29, 0.717) is 12.1 Å². The molecule has 1 saturated carbocycles. The summed E-state index contributed by atoms with van der Waals surface area (Å²) in [6.45, 7) is 0.428. The number of hydrogen-bond acceptors (Lipinski definition) is 2. The normalized spacial score (nSPS) is 18.2. The van der Waals surface area contributed by atoms with Gasteiger partial charge in [0.1, 0.15) is 17.7 Å². The Morgan fingerprint density at radius 1 is 1.14 bits per heavy atom. The van der Waals surface area contributed by atoms with Gasteiger partial charge in [-0.15, -0.1) is 11.6 Å². The van der Waals surface area contributed by atoms with Crippen LogP contribution in [0.3, 0.4) is 0 Å². The lowest BCUT2D eigenvalue weighted by Crippen LogP contribution is -2.47. The lowest BCUT2D eigenvalue weighted by atomic mass is 9.96. The maximum Gasteiger partial charge on any atom is 0.247 e. The standard InChI is InChI=1S/C23H30ClFN2O2/c24-16-21(28)27(15-14-17-6-2-1-3-7-17)22(18-10-12-19(25)13-11-18)23(29)26-20-8-4-5-9-20/h6,10-13,20,22H,1-5,7-9,14-16H2,(H,26,29). The summed E-state index contributed by atoms with van der Waals surface area (Å²) >= 11 is 5.90. The average Bonchev–Trinajstić information content (AvgIpc) is 3.25. The van der Waals surface area contributed by atoms with E-state index in [0.717, 1.165) is 44.9 Å². The third-order valence-electron chi connectivity index (χ3n) is 5.94. The number of carbonyl (C=O) groups is 2. The third kappa shape index (κ3) is 6.05. The predicted molar refractivity (Wildman–Crippen MR) is 113 cm³/mol. The number of hydrogen-bond donors (Lipinski definition) is 1. The molecule has 0 radical (unpaired) electrons. The fourth-order valence-corrected chi connectivity index (χ4v) is 4.49. The number of allylic oxidation sites excluding steroid dienone is 1. The van der Waals surface area contributed by atoms with Crippen LogP contribution in [0.1, 0.15) is 69.4 Å². The number of benzene rings is 1. The number of rotatable bonds is 8. The second kappa shape index (κ2) is 10.8. The first kappa shape index (κ1) is 21.8. The van der Waals surface area contributed by atoms with E-state index in [1.807, 2.05) is 0 Å². The van der Waals surface area contributed by atoms with Crippen LogP contribution in [0.4, 0.5) is 4.39 Å². The van der Waals surface area contributed by atoms with E-state index in [4.69, 9.17) is 11.6 Å². The van der Waals surface area contributed by atoms with Gasteiger partial charge in [-0.3, -0.25) is 9.59 Å². The summed E-state index contributed by atoms with van der Waals surface area (Å²) in [4.78, 5) is 27.5. The smallest absolute Gasteiger partial charge is 0.247 e. The number of alkyl halides is 1. The molecule has 1 unspecified atom stereocenters. The maximum absolute atomic E-state index is 13.5. The van der Waals surface area contributed by atoms with Crippen LogP contribution < -0.4 is 5.32 Å². The lowest BCUT2D eigenvalue weighted by molar-refractivity contribution is -0.139. The summed E-state index contributed by atoms with van der Waals surface area (Å²) in [5, 5.41) is 3.11. The zero-order chi connectivity index (χ0) is 20.6. The van der Waals surface area contributed by atoms with Crippen molar-refractivity contribution in [3.63, 3.8) is 0 Å².